The normalized spacial score (nSPS) is 16.8. The molecule has 1 atom stereocenters. The summed E-state index contributed by atoms with van der Waals surface area (Å²) in [4.78, 5) is 0. The van der Waals surface area contributed by atoms with Gasteiger partial charge < -0.3 is 0 Å². The van der Waals surface area contributed by atoms with E-state index in [0.29, 0.717) is 0 Å². The number of halogens is 10. The van der Waals surface area contributed by atoms with Crippen molar-refractivity contribution in [3.8, 4) is 0 Å². The molecule has 0 aromatic carbocycles. The Morgan fingerprint density at radius 1 is 0.724 bits per heavy atom. The fourth-order valence-electron chi connectivity index (χ4n) is 3.23. The van der Waals surface area contributed by atoms with Crippen molar-refractivity contribution >= 4 is 17.6 Å². The van der Waals surface area contributed by atoms with E-state index in [4.69, 9.17) is 0 Å². The van der Waals surface area contributed by atoms with Crippen molar-refractivity contribution in [2.45, 2.75) is 108 Å². The van der Waals surface area contributed by atoms with Crippen LogP contribution in [0.15, 0.2) is 0 Å². The Morgan fingerprint density at radius 2 is 1.10 bits per heavy atom. The lowest BCUT2D eigenvalue weighted by molar-refractivity contribution is -0.167. The Morgan fingerprint density at radius 3 is 1.34 bits per heavy atom. The van der Waals surface area contributed by atoms with Gasteiger partial charge in [-0.05, 0) is 12.5 Å². The van der Waals surface area contributed by atoms with Gasteiger partial charge in [-0.25, -0.2) is 43.9 Å². The average molecular weight is 485 g/mol. The maximum atomic E-state index is 14.6. The van der Waals surface area contributed by atoms with E-state index in [2.05, 4.69) is 0 Å². The minimum absolute atomic E-state index is 0. The average Bonchev–Trinajstić information content (AvgIpc) is 2.31. The van der Waals surface area contributed by atoms with E-state index in [0.717, 1.165) is 13.8 Å². The molecular formula is C17H34F10Si2. The van der Waals surface area contributed by atoms with Crippen molar-refractivity contribution in [1.29, 1.82) is 0 Å². The van der Waals surface area contributed by atoms with E-state index in [1.54, 1.807) is 0 Å². The topological polar surface area (TPSA) is 0 Å². The Labute approximate surface area is 170 Å². The molecule has 1 unspecified atom stereocenters. The highest BCUT2D eigenvalue weighted by Crippen LogP contribution is 2.56. The maximum Gasteiger partial charge on any atom is 0.303 e. The molecule has 0 aliphatic carbocycles. The molecule has 180 valence electrons. The summed E-state index contributed by atoms with van der Waals surface area (Å²) >= 11 is 0. The zero-order valence-corrected chi connectivity index (χ0v) is 18.5. The van der Waals surface area contributed by atoms with Crippen LogP contribution in [0.5, 0.6) is 0 Å². The summed E-state index contributed by atoms with van der Waals surface area (Å²) in [6.45, 7) is 4.05. The molecule has 0 fully saturated rings. The lowest BCUT2D eigenvalue weighted by atomic mass is 10.4. The van der Waals surface area contributed by atoms with Gasteiger partial charge in [-0.2, -0.15) is 0 Å². The van der Waals surface area contributed by atoms with Crippen molar-refractivity contribution in [3.63, 3.8) is 0 Å². The van der Waals surface area contributed by atoms with Gasteiger partial charge in [0.25, 0.3) is 11.1 Å². The second kappa shape index (κ2) is 9.91. The fraction of sp³-hybridized carbons (Fsp3) is 1.00. The summed E-state index contributed by atoms with van der Waals surface area (Å²) in [7, 11) is -8.53. The van der Waals surface area contributed by atoms with E-state index in [9.17, 15) is 43.9 Å². The largest absolute Gasteiger partial charge is 0.303 e. The Bertz CT molecular complexity index is 495. The van der Waals surface area contributed by atoms with E-state index >= 15 is 0 Å². The minimum atomic E-state index is -5.71. The van der Waals surface area contributed by atoms with Crippen molar-refractivity contribution < 1.29 is 43.9 Å². The van der Waals surface area contributed by atoms with Crippen molar-refractivity contribution in [1.82, 2.24) is 0 Å². The zero-order valence-electron chi connectivity index (χ0n) is 16.1. The highest BCUT2D eigenvalue weighted by Gasteiger charge is 2.74. The molecule has 0 bridgehead atoms. The monoisotopic (exact) mass is 484 g/mol. The molecule has 0 nitrogen and oxygen atoms in total. The van der Waals surface area contributed by atoms with Crippen molar-refractivity contribution in [2.75, 3.05) is 0 Å². The van der Waals surface area contributed by atoms with Gasteiger partial charge >= 0.3 is 11.8 Å². The third-order valence-corrected chi connectivity index (χ3v) is 12.7. The first-order valence-electron chi connectivity index (χ1n) is 8.41. The van der Waals surface area contributed by atoms with Gasteiger partial charge in [0.1, 0.15) is 9.52 Å². The van der Waals surface area contributed by atoms with Gasteiger partial charge in [0, 0.05) is 19.0 Å². The molecule has 0 aliphatic heterocycles. The van der Waals surface area contributed by atoms with Crippen LogP contribution in [0.3, 0.4) is 0 Å². The molecule has 0 aromatic rings. The predicted octanol–water partition coefficient (Wildman–Crippen LogP) is 7.83. The van der Waals surface area contributed by atoms with E-state index < -0.39 is 69.6 Å². The lowest BCUT2D eigenvalue weighted by Crippen LogP contribution is -2.68. The van der Waals surface area contributed by atoms with Crippen LogP contribution < -0.4 is 0 Å². The third-order valence-electron chi connectivity index (χ3n) is 4.64. The summed E-state index contributed by atoms with van der Waals surface area (Å²) in [6.07, 6.45) is 0. The highest BCUT2D eigenvalue weighted by molar-refractivity contribution is 6.84. The number of rotatable bonds is 10. The van der Waals surface area contributed by atoms with E-state index in [1.807, 2.05) is 0 Å². The predicted molar refractivity (Wildman–Crippen MR) is 104 cm³/mol. The van der Waals surface area contributed by atoms with Crippen molar-refractivity contribution in [2.24, 2.45) is 0 Å². The Balaban J connectivity index is -0.00000338. The van der Waals surface area contributed by atoms with Gasteiger partial charge in [-0.1, -0.05) is 48.1 Å². The third kappa shape index (κ3) is 7.43. The van der Waals surface area contributed by atoms with Crippen LogP contribution in [0.4, 0.5) is 43.9 Å². The molecule has 0 rings (SSSR count). The lowest BCUT2D eigenvalue weighted by Gasteiger charge is -2.47. The summed E-state index contributed by atoms with van der Waals surface area (Å²) in [6, 6.07) is -4.27. The standard InChI is InChI=1S/C15H26F10Si2.2CH4/c1-9(2)26-14(22,23)13(20,21)8-27(10(3)4,7-11(5,16)17)15(24,25)12(6,18)19;;/h9-10H,7-8,26H2,1-6H3;2*1H4. The molecule has 0 amide bonds. The van der Waals surface area contributed by atoms with Crippen LogP contribution >= 0.6 is 0 Å². The summed E-state index contributed by atoms with van der Waals surface area (Å²) < 4.78 is 141. The molecule has 29 heavy (non-hydrogen) atoms. The number of alkyl halides is 10. The van der Waals surface area contributed by atoms with Gasteiger partial charge in [-0.15, -0.1) is 0 Å². The second-order valence-corrected chi connectivity index (χ2v) is 15.9. The molecule has 12 heteroatoms. The van der Waals surface area contributed by atoms with Crippen LogP contribution in [-0.4, -0.2) is 46.5 Å². The zero-order chi connectivity index (χ0) is 22.3. The smallest absolute Gasteiger partial charge is 0.208 e. The van der Waals surface area contributed by atoms with E-state index in [-0.39, 0.29) is 28.7 Å². The van der Waals surface area contributed by atoms with Gasteiger partial charge in [0.2, 0.25) is 5.92 Å². The maximum absolute atomic E-state index is 14.6. The first kappa shape index (κ1) is 33.4. The van der Waals surface area contributed by atoms with Crippen molar-refractivity contribution in [3.05, 3.63) is 0 Å². The molecule has 0 heterocycles. The van der Waals surface area contributed by atoms with Crippen LogP contribution in [-0.2, 0) is 0 Å². The molecule has 0 saturated heterocycles. The molecule has 0 aliphatic rings. The van der Waals surface area contributed by atoms with Crippen LogP contribution in [0.2, 0.25) is 23.2 Å². The summed E-state index contributed by atoms with van der Waals surface area (Å²) in [5.41, 5.74) is -12.4. The van der Waals surface area contributed by atoms with Gasteiger partial charge in [0.05, 0.1) is 0 Å². The van der Waals surface area contributed by atoms with Crippen LogP contribution in [0.1, 0.15) is 56.4 Å². The van der Waals surface area contributed by atoms with Crippen LogP contribution in [0.25, 0.3) is 0 Å². The van der Waals surface area contributed by atoms with Gasteiger partial charge in [0.15, 0.2) is 8.07 Å². The first-order chi connectivity index (χ1) is 11.5. The van der Waals surface area contributed by atoms with E-state index in [1.165, 1.54) is 13.8 Å². The molecule has 0 radical (unpaired) electrons. The molecule has 0 N–H and O–H groups in total. The molecule has 0 spiro atoms. The fourth-order valence-corrected chi connectivity index (χ4v) is 10.1. The number of hydrogen-bond donors (Lipinski definition) is 0. The Hall–Kier alpha value is -0.266. The first-order valence-corrected chi connectivity index (χ1v) is 12.4. The molecule has 0 saturated carbocycles. The number of hydrogen-bond acceptors (Lipinski definition) is 0. The van der Waals surface area contributed by atoms with Gasteiger partial charge in [-0.3, -0.25) is 0 Å². The minimum Gasteiger partial charge on any atom is -0.208 e. The second-order valence-electron chi connectivity index (χ2n) is 8.20. The molecular weight excluding hydrogens is 450 g/mol. The highest BCUT2D eigenvalue weighted by atomic mass is 28.3. The Kier molecular flexibility index (Phi) is 11.4. The molecule has 0 aromatic heterocycles. The SMILES string of the molecule is C.C.CC(C)[SiH2]C(F)(F)C(F)(F)C[Si](CC(C)(F)F)(C(C)C)C(F)(F)C(C)(F)F. The quantitative estimate of drug-likeness (QED) is 0.219. The van der Waals surface area contributed by atoms with Crippen LogP contribution in [0, 0.1) is 0 Å². The summed E-state index contributed by atoms with van der Waals surface area (Å²) in [5, 5.41) is 0. The summed E-state index contributed by atoms with van der Waals surface area (Å²) in [5.74, 6) is -14.0.